The summed E-state index contributed by atoms with van der Waals surface area (Å²) in [6, 6.07) is 8.69. The van der Waals surface area contributed by atoms with E-state index in [9.17, 15) is 4.79 Å². The summed E-state index contributed by atoms with van der Waals surface area (Å²) >= 11 is 0. The van der Waals surface area contributed by atoms with Crippen LogP contribution in [0.4, 0.5) is 0 Å². The van der Waals surface area contributed by atoms with Crippen LogP contribution in [0.1, 0.15) is 37.7 Å². The molecule has 2 saturated heterocycles. The summed E-state index contributed by atoms with van der Waals surface area (Å²) in [6.45, 7) is 6.23. The van der Waals surface area contributed by atoms with Gasteiger partial charge in [-0.05, 0) is 50.4 Å². The van der Waals surface area contributed by atoms with E-state index in [2.05, 4.69) is 39.9 Å². The van der Waals surface area contributed by atoms with Crippen LogP contribution in [0.3, 0.4) is 0 Å². The zero-order valence-corrected chi connectivity index (χ0v) is 16.2. The van der Waals surface area contributed by atoms with Crippen LogP contribution >= 0.6 is 0 Å². The number of likely N-dealkylation sites (tertiary alicyclic amines) is 1. The lowest BCUT2D eigenvalue weighted by Gasteiger charge is -2.27. The number of morpholine rings is 1. The van der Waals surface area contributed by atoms with E-state index in [1.807, 2.05) is 4.90 Å². The van der Waals surface area contributed by atoms with Gasteiger partial charge in [-0.25, -0.2) is 0 Å². The van der Waals surface area contributed by atoms with E-state index < -0.39 is 0 Å². The van der Waals surface area contributed by atoms with Gasteiger partial charge in [-0.2, -0.15) is 0 Å². The van der Waals surface area contributed by atoms with Crippen LogP contribution in [0, 0.1) is 0 Å². The Hall–Kier alpha value is -1.85. The number of hydrogen-bond donors (Lipinski definition) is 0. The van der Waals surface area contributed by atoms with Crippen molar-refractivity contribution < 1.29 is 9.53 Å². The summed E-state index contributed by atoms with van der Waals surface area (Å²) in [7, 11) is 0. The Bertz CT molecular complexity index is 758. The lowest BCUT2D eigenvalue weighted by atomic mass is 10.1. The van der Waals surface area contributed by atoms with Crippen LogP contribution in [0.15, 0.2) is 30.5 Å². The molecule has 1 aromatic carbocycles. The summed E-state index contributed by atoms with van der Waals surface area (Å²) in [6.07, 6.45) is 8.82. The van der Waals surface area contributed by atoms with Crippen LogP contribution in [-0.2, 0) is 22.6 Å². The van der Waals surface area contributed by atoms with Gasteiger partial charge in [-0.1, -0.05) is 24.6 Å². The molecule has 2 fully saturated rings. The number of fused-ring (bicyclic) bond motifs is 1. The van der Waals surface area contributed by atoms with Gasteiger partial charge in [0, 0.05) is 36.6 Å². The summed E-state index contributed by atoms with van der Waals surface area (Å²) < 4.78 is 7.74. The molecule has 2 aromatic rings. The number of aromatic nitrogens is 1. The minimum atomic E-state index is 0.273. The molecular formula is C22H31N3O2. The van der Waals surface area contributed by atoms with Crippen LogP contribution in [0.25, 0.3) is 10.9 Å². The van der Waals surface area contributed by atoms with Crippen molar-refractivity contribution in [3.63, 3.8) is 0 Å². The SMILES string of the molecule is O=C(CCCc1cn(CN2CCCCC2)c2ccccc12)N1CCOCC1. The number of piperidine rings is 1. The van der Waals surface area contributed by atoms with Gasteiger partial charge in [0.05, 0.1) is 19.9 Å². The largest absolute Gasteiger partial charge is 0.378 e. The number of para-hydroxylation sites is 1. The second-order valence-corrected chi connectivity index (χ2v) is 7.81. The van der Waals surface area contributed by atoms with Crippen molar-refractivity contribution in [1.29, 1.82) is 0 Å². The zero-order valence-electron chi connectivity index (χ0n) is 16.2. The molecule has 0 N–H and O–H groups in total. The summed E-state index contributed by atoms with van der Waals surface area (Å²) in [4.78, 5) is 16.9. The second-order valence-electron chi connectivity index (χ2n) is 7.81. The molecule has 0 unspecified atom stereocenters. The first-order valence-electron chi connectivity index (χ1n) is 10.5. The number of carbonyl (C=O) groups excluding carboxylic acids is 1. The number of nitrogens with zero attached hydrogens (tertiary/aromatic N) is 3. The molecule has 0 radical (unpaired) electrons. The Morgan fingerprint density at radius 2 is 1.78 bits per heavy atom. The number of aryl methyl sites for hydroxylation is 1. The molecule has 4 rings (SSSR count). The molecule has 5 heteroatoms. The highest BCUT2D eigenvalue weighted by Gasteiger charge is 2.17. The van der Waals surface area contributed by atoms with Crippen molar-refractivity contribution in [2.45, 2.75) is 45.2 Å². The van der Waals surface area contributed by atoms with Gasteiger partial charge in [0.2, 0.25) is 5.91 Å². The molecular weight excluding hydrogens is 338 g/mol. The van der Waals surface area contributed by atoms with Gasteiger partial charge in [-0.15, -0.1) is 0 Å². The molecule has 1 amide bonds. The Balaban J connectivity index is 1.39. The second kappa shape index (κ2) is 8.89. The number of carbonyl (C=O) groups is 1. The zero-order chi connectivity index (χ0) is 18.5. The average molecular weight is 370 g/mol. The van der Waals surface area contributed by atoms with E-state index in [-0.39, 0.29) is 5.91 Å². The maximum absolute atomic E-state index is 12.4. The number of amides is 1. The lowest BCUT2D eigenvalue weighted by molar-refractivity contribution is -0.135. The maximum Gasteiger partial charge on any atom is 0.222 e. The van der Waals surface area contributed by atoms with Crippen molar-refractivity contribution in [1.82, 2.24) is 14.4 Å². The molecule has 27 heavy (non-hydrogen) atoms. The Morgan fingerprint density at radius 3 is 2.59 bits per heavy atom. The molecule has 0 bridgehead atoms. The third kappa shape index (κ3) is 4.53. The molecule has 0 atom stereocenters. The molecule has 2 aliphatic heterocycles. The molecule has 3 heterocycles. The molecule has 0 spiro atoms. The van der Waals surface area contributed by atoms with E-state index in [1.165, 1.54) is 48.8 Å². The van der Waals surface area contributed by atoms with Crippen LogP contribution in [0.2, 0.25) is 0 Å². The van der Waals surface area contributed by atoms with Gasteiger partial charge >= 0.3 is 0 Å². The molecule has 0 aliphatic carbocycles. The van der Waals surface area contributed by atoms with Crippen LogP contribution < -0.4 is 0 Å². The third-order valence-corrected chi connectivity index (χ3v) is 5.87. The summed E-state index contributed by atoms with van der Waals surface area (Å²) in [5, 5.41) is 1.34. The Morgan fingerprint density at radius 1 is 1.00 bits per heavy atom. The fourth-order valence-corrected chi connectivity index (χ4v) is 4.36. The van der Waals surface area contributed by atoms with Crippen molar-refractivity contribution in [2.24, 2.45) is 0 Å². The monoisotopic (exact) mass is 369 g/mol. The first kappa shape index (κ1) is 18.5. The van der Waals surface area contributed by atoms with E-state index in [1.54, 1.807) is 0 Å². The fourth-order valence-electron chi connectivity index (χ4n) is 4.36. The Kier molecular flexibility index (Phi) is 6.10. The van der Waals surface area contributed by atoms with E-state index in [0.717, 1.165) is 32.6 Å². The minimum Gasteiger partial charge on any atom is -0.378 e. The smallest absolute Gasteiger partial charge is 0.222 e. The van der Waals surface area contributed by atoms with Crippen molar-refractivity contribution in [3.8, 4) is 0 Å². The highest BCUT2D eigenvalue weighted by molar-refractivity contribution is 5.84. The van der Waals surface area contributed by atoms with Crippen molar-refractivity contribution >= 4 is 16.8 Å². The topological polar surface area (TPSA) is 37.7 Å². The predicted octanol–water partition coefficient (Wildman–Crippen LogP) is 3.27. The first-order chi connectivity index (χ1) is 13.3. The van der Waals surface area contributed by atoms with Crippen molar-refractivity contribution in [2.75, 3.05) is 39.4 Å². The number of ether oxygens (including phenoxy) is 1. The third-order valence-electron chi connectivity index (χ3n) is 5.87. The van der Waals surface area contributed by atoms with Gasteiger partial charge in [-0.3, -0.25) is 9.69 Å². The van der Waals surface area contributed by atoms with Gasteiger partial charge < -0.3 is 14.2 Å². The summed E-state index contributed by atoms with van der Waals surface area (Å²) in [5.41, 5.74) is 2.69. The fraction of sp³-hybridized carbons (Fsp3) is 0.591. The Labute approximate surface area is 161 Å². The highest BCUT2D eigenvalue weighted by atomic mass is 16.5. The predicted molar refractivity (Wildman–Crippen MR) is 108 cm³/mol. The normalized spacial score (nSPS) is 18.9. The highest BCUT2D eigenvalue weighted by Crippen LogP contribution is 2.24. The standard InChI is InChI=1S/C22H31N3O2/c26-22(24-13-15-27-16-14-24)10-6-7-19-17-25(18-23-11-4-1-5-12-23)21-9-3-2-8-20(19)21/h2-3,8-9,17H,1,4-7,10-16,18H2. The lowest BCUT2D eigenvalue weighted by Crippen LogP contribution is -2.40. The first-order valence-corrected chi connectivity index (χ1v) is 10.5. The van der Waals surface area contributed by atoms with Gasteiger partial charge in [0.15, 0.2) is 0 Å². The number of hydrogen-bond acceptors (Lipinski definition) is 3. The molecule has 0 saturated carbocycles. The average Bonchev–Trinajstić information content (AvgIpc) is 3.07. The van der Waals surface area contributed by atoms with Crippen LogP contribution in [0.5, 0.6) is 0 Å². The van der Waals surface area contributed by atoms with Crippen molar-refractivity contribution in [3.05, 3.63) is 36.0 Å². The van der Waals surface area contributed by atoms with Gasteiger partial charge in [0.1, 0.15) is 0 Å². The van der Waals surface area contributed by atoms with Gasteiger partial charge in [0.25, 0.3) is 0 Å². The molecule has 146 valence electrons. The quantitative estimate of drug-likeness (QED) is 0.784. The van der Waals surface area contributed by atoms with E-state index >= 15 is 0 Å². The van der Waals surface area contributed by atoms with Crippen LogP contribution in [-0.4, -0.2) is 59.7 Å². The number of benzene rings is 1. The minimum absolute atomic E-state index is 0.273. The molecule has 2 aliphatic rings. The summed E-state index contributed by atoms with van der Waals surface area (Å²) in [5.74, 6) is 0.273. The van der Waals surface area contributed by atoms with E-state index in [0.29, 0.717) is 19.6 Å². The maximum atomic E-state index is 12.4. The number of rotatable bonds is 6. The van der Waals surface area contributed by atoms with E-state index in [4.69, 9.17) is 4.74 Å². The molecule has 5 nitrogen and oxygen atoms in total. The molecule has 1 aromatic heterocycles.